The highest BCUT2D eigenvalue weighted by molar-refractivity contribution is 7.08. The molecule has 1 aromatic carbocycles. The maximum absolute atomic E-state index is 13.0. The number of hydrazine groups is 1. The second-order valence-electron chi connectivity index (χ2n) is 5.97. The molecule has 1 aromatic heterocycles. The van der Waals surface area contributed by atoms with Gasteiger partial charge in [0.25, 0.3) is 5.91 Å². The van der Waals surface area contributed by atoms with E-state index in [0.29, 0.717) is 17.8 Å². The van der Waals surface area contributed by atoms with Crippen molar-refractivity contribution in [1.29, 1.82) is 0 Å². The summed E-state index contributed by atoms with van der Waals surface area (Å²) in [6.45, 7) is 0.317. The van der Waals surface area contributed by atoms with Crippen LogP contribution >= 0.6 is 22.9 Å². The summed E-state index contributed by atoms with van der Waals surface area (Å²) in [5.74, 6) is 5.48. The van der Waals surface area contributed by atoms with Gasteiger partial charge < -0.3 is 10.6 Å². The number of thiophene rings is 1. The Morgan fingerprint density at radius 3 is 2.63 bits per heavy atom. The molecule has 1 aliphatic heterocycles. The van der Waals surface area contributed by atoms with Gasteiger partial charge in [0.1, 0.15) is 0 Å². The summed E-state index contributed by atoms with van der Waals surface area (Å²) < 4.78 is 39.0. The predicted molar refractivity (Wildman–Crippen MR) is 99.2 cm³/mol. The number of amides is 1. The van der Waals surface area contributed by atoms with E-state index >= 15 is 0 Å². The fraction of sp³-hybridized carbons (Fsp3) is 0.235. The van der Waals surface area contributed by atoms with Crippen LogP contribution in [-0.4, -0.2) is 23.9 Å². The lowest BCUT2D eigenvalue weighted by molar-refractivity contribution is -0.137. The molecule has 10 heteroatoms. The number of alkyl halides is 3. The zero-order chi connectivity index (χ0) is 19.8. The monoisotopic (exact) mass is 416 g/mol. The summed E-state index contributed by atoms with van der Waals surface area (Å²) in [6.07, 6.45) is -4.26. The average molecular weight is 417 g/mol. The van der Waals surface area contributed by atoms with Gasteiger partial charge in [-0.2, -0.15) is 24.5 Å². The van der Waals surface area contributed by atoms with Crippen LogP contribution in [0.2, 0.25) is 5.02 Å². The van der Waals surface area contributed by atoms with Crippen LogP contribution in [-0.2, 0) is 6.18 Å². The van der Waals surface area contributed by atoms with Crippen molar-refractivity contribution in [3.05, 3.63) is 62.6 Å². The van der Waals surface area contributed by atoms with E-state index in [1.165, 1.54) is 27.3 Å². The Bertz CT molecular complexity index is 883. The molecule has 0 bridgehead atoms. The third-order valence-electron chi connectivity index (χ3n) is 4.25. The normalized spacial score (nSPS) is 15.2. The molecule has 144 valence electrons. The van der Waals surface area contributed by atoms with E-state index in [-0.39, 0.29) is 18.7 Å². The first-order valence-electron chi connectivity index (χ1n) is 7.89. The minimum atomic E-state index is -4.64. The lowest BCUT2D eigenvalue weighted by Gasteiger charge is -2.33. The van der Waals surface area contributed by atoms with Gasteiger partial charge in [-0.25, -0.2) is 5.84 Å². The van der Waals surface area contributed by atoms with Crippen molar-refractivity contribution >= 4 is 34.5 Å². The van der Waals surface area contributed by atoms with Gasteiger partial charge in [-0.15, -0.1) is 0 Å². The molecule has 1 amide bonds. The van der Waals surface area contributed by atoms with Crippen LogP contribution in [0.5, 0.6) is 0 Å². The van der Waals surface area contributed by atoms with E-state index in [1.807, 2.05) is 16.8 Å². The quantitative estimate of drug-likeness (QED) is 0.589. The van der Waals surface area contributed by atoms with Gasteiger partial charge in [0.05, 0.1) is 34.1 Å². The number of benzene rings is 1. The van der Waals surface area contributed by atoms with Gasteiger partial charge in [0.15, 0.2) is 0 Å². The number of halogens is 4. The molecular weight excluding hydrogens is 401 g/mol. The van der Waals surface area contributed by atoms with E-state index in [9.17, 15) is 18.0 Å². The molecule has 0 unspecified atom stereocenters. The van der Waals surface area contributed by atoms with Gasteiger partial charge in [-0.05, 0) is 23.6 Å². The smallest absolute Gasteiger partial charge is 0.399 e. The molecule has 2 heterocycles. The number of nitrogens with two attached hydrogens (primary N) is 2. The average Bonchev–Trinajstić information content (AvgIpc) is 3.14. The van der Waals surface area contributed by atoms with Crippen molar-refractivity contribution in [1.82, 2.24) is 4.90 Å². The van der Waals surface area contributed by atoms with E-state index in [2.05, 4.69) is 0 Å². The number of carbonyl (C=O) groups is 1. The molecule has 0 saturated carbocycles. The molecule has 2 aromatic rings. The van der Waals surface area contributed by atoms with E-state index < -0.39 is 22.7 Å². The Hall–Kier alpha value is -2.23. The topological polar surface area (TPSA) is 75.6 Å². The Morgan fingerprint density at radius 2 is 2.04 bits per heavy atom. The fourth-order valence-corrected chi connectivity index (χ4v) is 3.80. The van der Waals surface area contributed by atoms with Crippen molar-refractivity contribution in [2.45, 2.75) is 12.6 Å². The van der Waals surface area contributed by atoms with Crippen LogP contribution in [0, 0.1) is 0 Å². The molecule has 0 fully saturated rings. The van der Waals surface area contributed by atoms with Crippen LogP contribution in [0.15, 0.2) is 46.4 Å². The Kier molecular flexibility index (Phi) is 5.36. The Morgan fingerprint density at radius 1 is 1.30 bits per heavy atom. The van der Waals surface area contributed by atoms with Gasteiger partial charge in [-0.1, -0.05) is 17.7 Å². The summed E-state index contributed by atoms with van der Waals surface area (Å²) in [4.78, 5) is 14.1. The largest absolute Gasteiger partial charge is 0.417 e. The second-order valence-corrected chi connectivity index (χ2v) is 7.12. The van der Waals surface area contributed by atoms with Gasteiger partial charge in [0.2, 0.25) is 0 Å². The van der Waals surface area contributed by atoms with Crippen molar-refractivity contribution in [2.75, 3.05) is 18.1 Å². The highest BCUT2D eigenvalue weighted by Gasteiger charge is 2.35. The Balaban J connectivity index is 1.83. The minimum absolute atomic E-state index is 0.0541. The fourth-order valence-electron chi connectivity index (χ4n) is 2.86. The number of hydrogen-bond donors (Lipinski definition) is 2. The first-order chi connectivity index (χ1) is 12.7. The molecule has 0 atom stereocenters. The predicted octanol–water partition coefficient (Wildman–Crippen LogP) is 3.82. The van der Waals surface area contributed by atoms with Crippen molar-refractivity contribution in [3.8, 4) is 0 Å². The maximum atomic E-state index is 13.0. The van der Waals surface area contributed by atoms with Crippen molar-refractivity contribution < 1.29 is 18.0 Å². The number of nitrogens with zero attached hydrogens (tertiary/aromatic N) is 2. The summed E-state index contributed by atoms with van der Waals surface area (Å²) in [7, 11) is 0. The molecule has 5 nitrogen and oxygen atoms in total. The van der Waals surface area contributed by atoms with Crippen LogP contribution in [0.25, 0.3) is 0 Å². The van der Waals surface area contributed by atoms with E-state index in [0.717, 1.165) is 17.8 Å². The third-order valence-corrected chi connectivity index (χ3v) is 5.33. The second kappa shape index (κ2) is 7.41. The summed E-state index contributed by atoms with van der Waals surface area (Å²) in [6, 6.07) is 5.12. The molecule has 4 N–H and O–H groups in total. The third kappa shape index (κ3) is 3.90. The van der Waals surface area contributed by atoms with Crippen molar-refractivity contribution in [3.63, 3.8) is 0 Å². The first-order valence-corrected chi connectivity index (χ1v) is 9.21. The highest BCUT2D eigenvalue weighted by atomic mass is 35.5. The number of rotatable bonds is 3. The molecule has 0 aliphatic carbocycles. The summed E-state index contributed by atoms with van der Waals surface area (Å²) in [5.41, 5.74) is 6.67. The maximum Gasteiger partial charge on any atom is 0.417 e. The molecule has 1 aliphatic rings. The zero-order valence-electron chi connectivity index (χ0n) is 14.0. The van der Waals surface area contributed by atoms with Gasteiger partial charge >= 0.3 is 6.18 Å². The molecule has 3 rings (SSSR count). The molecule has 0 spiro atoms. The zero-order valence-corrected chi connectivity index (χ0v) is 15.5. The van der Waals surface area contributed by atoms with Crippen LogP contribution in [0.3, 0.4) is 0 Å². The lowest BCUT2D eigenvalue weighted by atomic mass is 10.1. The van der Waals surface area contributed by atoms with Crippen molar-refractivity contribution in [2.24, 2.45) is 11.6 Å². The number of carbonyl (C=O) groups excluding carboxylic acids is 1. The standard InChI is InChI=1S/C17H16ClF3N4OS/c18-15-11(2-1-3-12(15)17(19,20)21)16(26)24-6-4-14(13(22)8-24)25(23)10-5-7-27-9-10/h1-3,5,7,9H,4,6,8,22-23H2. The lowest BCUT2D eigenvalue weighted by Crippen LogP contribution is -2.44. The van der Waals surface area contributed by atoms with Gasteiger partial charge in [-0.3, -0.25) is 9.80 Å². The Labute approximate surface area is 162 Å². The molecule has 27 heavy (non-hydrogen) atoms. The first kappa shape index (κ1) is 19.5. The van der Waals surface area contributed by atoms with E-state index in [1.54, 1.807) is 0 Å². The number of hydrogen-bond acceptors (Lipinski definition) is 5. The number of anilines is 1. The van der Waals surface area contributed by atoms with E-state index in [4.69, 9.17) is 23.2 Å². The van der Waals surface area contributed by atoms with Crippen LogP contribution in [0.4, 0.5) is 18.9 Å². The summed E-state index contributed by atoms with van der Waals surface area (Å²) in [5, 5.41) is 4.59. The minimum Gasteiger partial charge on any atom is -0.399 e. The van der Waals surface area contributed by atoms with Crippen LogP contribution < -0.4 is 16.6 Å². The molecule has 0 radical (unpaired) electrons. The summed E-state index contributed by atoms with van der Waals surface area (Å²) >= 11 is 7.34. The SMILES string of the molecule is NC1=C(N(N)c2ccsc2)CCN(C(=O)c2cccc(C(F)(F)F)c2Cl)C1. The van der Waals surface area contributed by atoms with Gasteiger partial charge in [0, 0.05) is 24.0 Å². The molecule has 0 saturated heterocycles. The van der Waals surface area contributed by atoms with Crippen LogP contribution in [0.1, 0.15) is 22.3 Å². The molecular formula is C17H16ClF3N4OS. The highest BCUT2D eigenvalue weighted by Crippen LogP contribution is 2.37.